The quantitative estimate of drug-likeness (QED) is 0.670. The molecule has 3 nitrogen and oxygen atoms in total. The number of methoxy groups -OCH3 is 1. The fraction of sp³-hybridized carbons (Fsp3) is 0.167. The highest BCUT2D eigenvalue weighted by Crippen LogP contribution is 2.37. The lowest BCUT2D eigenvalue weighted by molar-refractivity contribution is 0.404. The van der Waals surface area contributed by atoms with Gasteiger partial charge in [0.15, 0.2) is 0 Å². The summed E-state index contributed by atoms with van der Waals surface area (Å²) in [5, 5.41) is 3.22. The molecule has 18 heavy (non-hydrogen) atoms. The number of thiophene rings is 1. The van der Waals surface area contributed by atoms with Crippen molar-refractivity contribution in [3.63, 3.8) is 0 Å². The van der Waals surface area contributed by atoms with Gasteiger partial charge in [-0.25, -0.2) is 5.43 Å². The van der Waals surface area contributed by atoms with Crippen molar-refractivity contribution in [3.05, 3.63) is 50.1 Å². The van der Waals surface area contributed by atoms with Crippen LogP contribution in [0.4, 0.5) is 0 Å². The van der Waals surface area contributed by atoms with Crippen LogP contribution in [0, 0.1) is 0 Å². The van der Waals surface area contributed by atoms with Crippen molar-refractivity contribution in [1.29, 1.82) is 0 Å². The Morgan fingerprint density at radius 2 is 2.11 bits per heavy atom. The average Bonchev–Trinajstić information content (AvgIpc) is 2.78. The molecular weight excluding hydrogens is 291 g/mol. The van der Waals surface area contributed by atoms with E-state index in [0.29, 0.717) is 15.8 Å². The molecule has 0 aliphatic heterocycles. The minimum Gasteiger partial charge on any atom is -0.496 e. The normalized spacial score (nSPS) is 12.4. The molecule has 96 valence electrons. The smallest absolute Gasteiger partial charge is 0.125 e. The fourth-order valence-electron chi connectivity index (χ4n) is 1.74. The molecule has 6 heteroatoms. The van der Waals surface area contributed by atoms with E-state index in [-0.39, 0.29) is 6.04 Å². The maximum atomic E-state index is 6.14. The van der Waals surface area contributed by atoms with E-state index in [1.54, 1.807) is 19.2 Å². The summed E-state index contributed by atoms with van der Waals surface area (Å²) in [6.45, 7) is 0. The minimum atomic E-state index is -0.218. The number of hydrogen-bond acceptors (Lipinski definition) is 4. The second-order valence-electron chi connectivity index (χ2n) is 3.62. The second-order valence-corrected chi connectivity index (χ2v) is 5.41. The number of ether oxygens (including phenoxy) is 1. The van der Waals surface area contributed by atoms with Crippen LogP contribution in [-0.2, 0) is 0 Å². The maximum absolute atomic E-state index is 6.14. The molecule has 2 rings (SSSR count). The van der Waals surface area contributed by atoms with E-state index in [1.165, 1.54) is 11.3 Å². The fourth-order valence-corrected chi connectivity index (χ4v) is 3.15. The first-order valence-electron chi connectivity index (χ1n) is 5.19. The molecule has 0 spiro atoms. The number of nitrogens with one attached hydrogen (secondary N) is 1. The number of halogens is 2. The predicted octanol–water partition coefficient (Wildman–Crippen LogP) is 3.62. The van der Waals surface area contributed by atoms with E-state index in [1.807, 2.05) is 17.5 Å². The van der Waals surface area contributed by atoms with Crippen molar-refractivity contribution in [2.24, 2.45) is 5.84 Å². The Morgan fingerprint density at radius 3 is 2.67 bits per heavy atom. The van der Waals surface area contributed by atoms with Crippen LogP contribution in [0.2, 0.25) is 10.0 Å². The summed E-state index contributed by atoms with van der Waals surface area (Å²) in [5.41, 5.74) is 3.66. The Bertz CT molecular complexity index is 545. The molecule has 0 saturated carbocycles. The van der Waals surface area contributed by atoms with Crippen molar-refractivity contribution in [1.82, 2.24) is 5.43 Å². The third-order valence-corrected chi connectivity index (χ3v) is 4.24. The van der Waals surface area contributed by atoms with Crippen molar-refractivity contribution in [2.45, 2.75) is 6.04 Å². The van der Waals surface area contributed by atoms with Crippen molar-refractivity contribution >= 4 is 34.5 Å². The summed E-state index contributed by atoms with van der Waals surface area (Å²) in [4.78, 5) is 0.944. The molecule has 0 saturated heterocycles. The molecule has 0 aliphatic rings. The zero-order chi connectivity index (χ0) is 13.1. The molecule has 0 amide bonds. The van der Waals surface area contributed by atoms with Crippen LogP contribution in [0.15, 0.2) is 29.6 Å². The lowest BCUT2D eigenvalue weighted by Gasteiger charge is -2.18. The summed E-state index contributed by atoms with van der Waals surface area (Å²) in [5.74, 6) is 6.31. The van der Waals surface area contributed by atoms with Gasteiger partial charge in [-0.15, -0.1) is 11.3 Å². The van der Waals surface area contributed by atoms with Crippen LogP contribution in [0.3, 0.4) is 0 Å². The van der Waals surface area contributed by atoms with Crippen molar-refractivity contribution in [2.75, 3.05) is 7.11 Å². The minimum absolute atomic E-state index is 0.218. The topological polar surface area (TPSA) is 47.3 Å². The monoisotopic (exact) mass is 302 g/mol. The number of benzene rings is 1. The third-order valence-electron chi connectivity index (χ3n) is 2.58. The zero-order valence-electron chi connectivity index (χ0n) is 9.61. The molecule has 1 aromatic heterocycles. The molecule has 0 bridgehead atoms. The zero-order valence-corrected chi connectivity index (χ0v) is 11.9. The van der Waals surface area contributed by atoms with Crippen LogP contribution in [0.25, 0.3) is 0 Å². The predicted molar refractivity (Wildman–Crippen MR) is 76.5 cm³/mol. The number of hydrogen-bond donors (Lipinski definition) is 2. The van der Waals surface area contributed by atoms with Gasteiger partial charge in [0.25, 0.3) is 0 Å². The van der Waals surface area contributed by atoms with Gasteiger partial charge in [-0.3, -0.25) is 5.84 Å². The molecule has 1 aromatic carbocycles. The van der Waals surface area contributed by atoms with Gasteiger partial charge in [0.2, 0.25) is 0 Å². The van der Waals surface area contributed by atoms with Crippen molar-refractivity contribution in [3.8, 4) is 5.75 Å². The Kier molecular flexibility index (Phi) is 4.48. The molecule has 1 unspecified atom stereocenters. The van der Waals surface area contributed by atoms with Crippen LogP contribution < -0.4 is 16.0 Å². The van der Waals surface area contributed by atoms with Crippen LogP contribution in [0.1, 0.15) is 16.5 Å². The Balaban J connectivity index is 2.48. The molecule has 0 radical (unpaired) electrons. The standard InChI is InChI=1S/C12H12Cl2N2OS/c1-17-10-6-7(13)2-3-8(10)11(16-15)12-9(14)4-5-18-12/h2-6,11,16H,15H2,1H3. The molecule has 1 atom stereocenters. The van der Waals surface area contributed by atoms with E-state index >= 15 is 0 Å². The van der Waals surface area contributed by atoms with Gasteiger partial charge >= 0.3 is 0 Å². The number of hydrazine groups is 1. The summed E-state index contributed by atoms with van der Waals surface area (Å²) in [6, 6.07) is 7.05. The molecule has 0 aliphatic carbocycles. The van der Waals surface area contributed by atoms with Gasteiger partial charge in [0.05, 0.1) is 18.2 Å². The van der Waals surface area contributed by atoms with Gasteiger partial charge in [0.1, 0.15) is 5.75 Å². The average molecular weight is 303 g/mol. The lowest BCUT2D eigenvalue weighted by atomic mass is 10.0. The largest absolute Gasteiger partial charge is 0.496 e. The molecule has 3 N–H and O–H groups in total. The summed E-state index contributed by atoms with van der Waals surface area (Å²) in [7, 11) is 1.60. The first-order chi connectivity index (χ1) is 8.67. The highest BCUT2D eigenvalue weighted by atomic mass is 35.5. The van der Waals surface area contributed by atoms with E-state index in [0.717, 1.165) is 10.4 Å². The van der Waals surface area contributed by atoms with Crippen LogP contribution in [0.5, 0.6) is 5.75 Å². The summed E-state index contributed by atoms with van der Waals surface area (Å²) >= 11 is 13.6. The summed E-state index contributed by atoms with van der Waals surface area (Å²) in [6.07, 6.45) is 0. The molecule has 1 heterocycles. The summed E-state index contributed by atoms with van der Waals surface area (Å²) < 4.78 is 5.33. The van der Waals surface area contributed by atoms with Gasteiger partial charge in [0, 0.05) is 15.5 Å². The molecule has 0 fully saturated rings. The highest BCUT2D eigenvalue weighted by Gasteiger charge is 2.20. The SMILES string of the molecule is COc1cc(Cl)ccc1C(NN)c1sccc1Cl. The first-order valence-corrected chi connectivity index (χ1v) is 6.83. The van der Waals surface area contributed by atoms with Gasteiger partial charge < -0.3 is 4.74 Å². The van der Waals surface area contributed by atoms with E-state index in [9.17, 15) is 0 Å². The van der Waals surface area contributed by atoms with E-state index in [4.69, 9.17) is 33.8 Å². The van der Waals surface area contributed by atoms with Gasteiger partial charge in [-0.1, -0.05) is 29.3 Å². The molecular formula is C12H12Cl2N2OS. The lowest BCUT2D eigenvalue weighted by Crippen LogP contribution is -2.28. The Morgan fingerprint density at radius 1 is 1.33 bits per heavy atom. The first kappa shape index (κ1) is 13.6. The maximum Gasteiger partial charge on any atom is 0.125 e. The Hall–Kier alpha value is -0.780. The van der Waals surface area contributed by atoms with Gasteiger partial charge in [-0.2, -0.15) is 0 Å². The van der Waals surface area contributed by atoms with E-state index in [2.05, 4.69) is 5.43 Å². The van der Waals surface area contributed by atoms with Crippen LogP contribution in [-0.4, -0.2) is 7.11 Å². The van der Waals surface area contributed by atoms with E-state index < -0.39 is 0 Å². The van der Waals surface area contributed by atoms with Crippen LogP contribution >= 0.6 is 34.5 Å². The number of nitrogens with two attached hydrogens (primary N) is 1. The van der Waals surface area contributed by atoms with Crippen molar-refractivity contribution < 1.29 is 4.74 Å². The molecule has 2 aromatic rings. The third kappa shape index (κ3) is 2.63. The second kappa shape index (κ2) is 5.91. The number of rotatable bonds is 4. The van der Waals surface area contributed by atoms with Gasteiger partial charge in [-0.05, 0) is 23.6 Å². The highest BCUT2D eigenvalue weighted by molar-refractivity contribution is 7.10. The Labute approximate surface area is 119 Å².